The third-order valence-electron chi connectivity index (χ3n) is 3.04. The lowest BCUT2D eigenvalue weighted by Gasteiger charge is -2.10. The lowest BCUT2D eigenvalue weighted by atomic mass is 10.2. The van der Waals surface area contributed by atoms with Crippen molar-refractivity contribution in [2.75, 3.05) is 4.72 Å². The van der Waals surface area contributed by atoms with E-state index in [4.69, 9.17) is 23.2 Å². The standard InChI is InChI=1S/C14H10Cl2N2O2S/c15-11-5-4-9(8-12(11)16)21(19,20)18-14-3-1-2-13-10(14)6-7-17-13/h1-8,17-18H. The van der Waals surface area contributed by atoms with Crippen LogP contribution in [0.5, 0.6) is 0 Å². The largest absolute Gasteiger partial charge is 0.361 e. The van der Waals surface area contributed by atoms with Gasteiger partial charge in [0.15, 0.2) is 0 Å². The third kappa shape index (κ3) is 2.72. The SMILES string of the molecule is O=S(=O)(Nc1cccc2[nH]ccc12)c1ccc(Cl)c(Cl)c1. The summed E-state index contributed by atoms with van der Waals surface area (Å²) in [5.41, 5.74) is 1.35. The molecule has 0 aliphatic heterocycles. The minimum Gasteiger partial charge on any atom is -0.361 e. The number of benzene rings is 2. The molecule has 0 bridgehead atoms. The van der Waals surface area contributed by atoms with Crippen LogP contribution < -0.4 is 4.72 Å². The van der Waals surface area contributed by atoms with Gasteiger partial charge in [0.2, 0.25) is 0 Å². The van der Waals surface area contributed by atoms with Crippen LogP contribution in [-0.4, -0.2) is 13.4 Å². The van der Waals surface area contributed by atoms with Crippen LogP contribution in [0.15, 0.2) is 53.6 Å². The zero-order valence-electron chi connectivity index (χ0n) is 10.6. The fraction of sp³-hybridized carbons (Fsp3) is 0. The number of aromatic amines is 1. The van der Waals surface area contributed by atoms with Crippen molar-refractivity contribution in [2.45, 2.75) is 4.90 Å². The number of fused-ring (bicyclic) bond motifs is 1. The molecule has 0 aliphatic carbocycles. The Bertz CT molecular complexity index is 920. The quantitative estimate of drug-likeness (QED) is 0.747. The summed E-state index contributed by atoms with van der Waals surface area (Å²) in [5.74, 6) is 0. The highest BCUT2D eigenvalue weighted by atomic mass is 35.5. The lowest BCUT2D eigenvalue weighted by Crippen LogP contribution is -2.13. The highest BCUT2D eigenvalue weighted by molar-refractivity contribution is 7.92. The maximum Gasteiger partial charge on any atom is 0.261 e. The number of anilines is 1. The Morgan fingerprint density at radius 2 is 1.81 bits per heavy atom. The van der Waals surface area contributed by atoms with Gasteiger partial charge in [-0.2, -0.15) is 0 Å². The molecule has 0 aliphatic rings. The van der Waals surface area contributed by atoms with Gasteiger partial charge in [-0.3, -0.25) is 4.72 Å². The molecule has 4 nitrogen and oxygen atoms in total. The fourth-order valence-electron chi connectivity index (χ4n) is 2.02. The number of sulfonamides is 1. The van der Waals surface area contributed by atoms with Crippen molar-refractivity contribution < 1.29 is 8.42 Å². The molecule has 1 aromatic heterocycles. The fourth-order valence-corrected chi connectivity index (χ4v) is 3.49. The molecule has 0 unspecified atom stereocenters. The first kappa shape index (κ1) is 14.3. The minimum atomic E-state index is -3.73. The average molecular weight is 341 g/mol. The number of hydrogen-bond acceptors (Lipinski definition) is 2. The minimum absolute atomic E-state index is 0.0597. The normalized spacial score (nSPS) is 11.7. The van der Waals surface area contributed by atoms with Crippen LogP contribution in [0.25, 0.3) is 10.9 Å². The molecule has 2 aromatic carbocycles. The molecule has 0 saturated carbocycles. The van der Waals surface area contributed by atoms with E-state index in [2.05, 4.69) is 9.71 Å². The maximum absolute atomic E-state index is 12.4. The molecular formula is C14H10Cl2N2O2S. The van der Waals surface area contributed by atoms with Gasteiger partial charge in [0.1, 0.15) is 0 Å². The van der Waals surface area contributed by atoms with Gasteiger partial charge in [0, 0.05) is 17.1 Å². The summed E-state index contributed by atoms with van der Waals surface area (Å²) in [5, 5.41) is 1.30. The summed E-state index contributed by atoms with van der Waals surface area (Å²) >= 11 is 11.7. The van der Waals surface area contributed by atoms with Crippen molar-refractivity contribution in [1.82, 2.24) is 4.98 Å². The van der Waals surface area contributed by atoms with Crippen LogP contribution in [0.2, 0.25) is 10.0 Å². The van der Waals surface area contributed by atoms with Crippen LogP contribution in [0, 0.1) is 0 Å². The van der Waals surface area contributed by atoms with Gasteiger partial charge in [-0.1, -0.05) is 29.3 Å². The predicted octanol–water partition coefficient (Wildman–Crippen LogP) is 4.28. The van der Waals surface area contributed by atoms with E-state index >= 15 is 0 Å². The van der Waals surface area contributed by atoms with E-state index in [0.717, 1.165) is 10.9 Å². The Balaban J connectivity index is 2.03. The molecule has 0 amide bonds. The van der Waals surface area contributed by atoms with E-state index in [1.165, 1.54) is 18.2 Å². The van der Waals surface area contributed by atoms with Crippen molar-refractivity contribution >= 4 is 49.8 Å². The van der Waals surface area contributed by atoms with E-state index < -0.39 is 10.0 Å². The molecule has 0 saturated heterocycles. The van der Waals surface area contributed by atoms with E-state index in [9.17, 15) is 8.42 Å². The Hall–Kier alpha value is -1.69. The number of nitrogens with one attached hydrogen (secondary N) is 2. The Morgan fingerprint density at radius 1 is 1.00 bits per heavy atom. The smallest absolute Gasteiger partial charge is 0.261 e. The van der Waals surface area contributed by atoms with Crippen molar-refractivity contribution in [3.8, 4) is 0 Å². The van der Waals surface area contributed by atoms with Gasteiger partial charge < -0.3 is 4.98 Å². The van der Waals surface area contributed by atoms with Crippen molar-refractivity contribution in [2.24, 2.45) is 0 Å². The van der Waals surface area contributed by atoms with Crippen LogP contribution in [0.1, 0.15) is 0 Å². The van der Waals surface area contributed by atoms with Crippen LogP contribution in [0.4, 0.5) is 5.69 Å². The van der Waals surface area contributed by atoms with Crippen molar-refractivity contribution in [3.63, 3.8) is 0 Å². The van der Waals surface area contributed by atoms with E-state index in [0.29, 0.717) is 10.7 Å². The monoisotopic (exact) mass is 340 g/mol. The number of aromatic nitrogens is 1. The summed E-state index contributed by atoms with van der Waals surface area (Å²) in [7, 11) is -3.73. The first-order chi connectivity index (χ1) is 9.97. The number of H-pyrrole nitrogens is 1. The number of halogens is 2. The predicted molar refractivity (Wildman–Crippen MR) is 85.6 cm³/mol. The molecule has 7 heteroatoms. The van der Waals surface area contributed by atoms with Gasteiger partial charge in [-0.25, -0.2) is 8.42 Å². The Kier molecular flexibility index (Phi) is 3.57. The molecule has 1 heterocycles. The van der Waals surface area contributed by atoms with Crippen molar-refractivity contribution in [1.29, 1.82) is 0 Å². The number of hydrogen-bond donors (Lipinski definition) is 2. The Labute approximate surface area is 131 Å². The second-order valence-corrected chi connectivity index (χ2v) is 6.92. The van der Waals surface area contributed by atoms with Gasteiger partial charge >= 0.3 is 0 Å². The van der Waals surface area contributed by atoms with Crippen LogP contribution >= 0.6 is 23.2 Å². The first-order valence-corrected chi connectivity index (χ1v) is 8.25. The molecule has 0 atom stereocenters. The summed E-state index contributed by atoms with van der Waals surface area (Å²) < 4.78 is 27.4. The second-order valence-electron chi connectivity index (χ2n) is 4.43. The summed E-state index contributed by atoms with van der Waals surface area (Å²) in [6.07, 6.45) is 1.75. The zero-order valence-corrected chi connectivity index (χ0v) is 12.9. The highest BCUT2D eigenvalue weighted by Gasteiger charge is 2.17. The van der Waals surface area contributed by atoms with E-state index in [1.54, 1.807) is 18.3 Å². The topological polar surface area (TPSA) is 62.0 Å². The molecule has 3 rings (SSSR count). The zero-order chi connectivity index (χ0) is 15.0. The maximum atomic E-state index is 12.4. The molecule has 0 fully saturated rings. The molecule has 0 radical (unpaired) electrons. The Morgan fingerprint density at radius 3 is 2.57 bits per heavy atom. The lowest BCUT2D eigenvalue weighted by molar-refractivity contribution is 0.601. The van der Waals surface area contributed by atoms with Gasteiger partial charge in [0.05, 0.1) is 20.6 Å². The molecule has 3 aromatic rings. The van der Waals surface area contributed by atoms with Crippen LogP contribution in [-0.2, 0) is 10.0 Å². The molecule has 108 valence electrons. The van der Waals surface area contributed by atoms with Crippen molar-refractivity contribution in [3.05, 3.63) is 58.7 Å². The van der Waals surface area contributed by atoms with Gasteiger partial charge in [-0.05, 0) is 36.4 Å². The second kappa shape index (κ2) is 5.26. The summed E-state index contributed by atoms with van der Waals surface area (Å²) in [4.78, 5) is 3.09. The van der Waals surface area contributed by atoms with Crippen LogP contribution in [0.3, 0.4) is 0 Å². The van der Waals surface area contributed by atoms with E-state index in [-0.39, 0.29) is 9.92 Å². The van der Waals surface area contributed by atoms with E-state index in [1.807, 2.05) is 12.1 Å². The molecule has 21 heavy (non-hydrogen) atoms. The highest BCUT2D eigenvalue weighted by Crippen LogP contribution is 2.28. The molecular weight excluding hydrogens is 331 g/mol. The summed E-state index contributed by atoms with van der Waals surface area (Å²) in [6.45, 7) is 0. The molecule has 2 N–H and O–H groups in total. The third-order valence-corrected chi connectivity index (χ3v) is 5.14. The molecule has 0 spiro atoms. The number of rotatable bonds is 3. The van der Waals surface area contributed by atoms with Gasteiger partial charge in [0.25, 0.3) is 10.0 Å². The average Bonchev–Trinajstić information content (AvgIpc) is 2.91. The first-order valence-electron chi connectivity index (χ1n) is 6.01. The van der Waals surface area contributed by atoms with Gasteiger partial charge in [-0.15, -0.1) is 0 Å². The summed E-state index contributed by atoms with van der Waals surface area (Å²) in [6, 6.07) is 11.3.